The molecule has 0 aromatic carbocycles. The van der Waals surface area contributed by atoms with Gasteiger partial charge in [0.25, 0.3) is 0 Å². The first-order valence-corrected chi connectivity index (χ1v) is 6.43. The molecule has 0 aromatic rings. The van der Waals surface area contributed by atoms with Crippen LogP contribution in [0.4, 0.5) is 0 Å². The Morgan fingerprint density at radius 1 is 1.19 bits per heavy atom. The molecular formula is C14H25NO. The molecule has 1 rings (SSSR count). The molecule has 92 valence electrons. The van der Waals surface area contributed by atoms with Gasteiger partial charge in [-0.3, -0.25) is 0 Å². The number of hydrogen-bond donors (Lipinski definition) is 0. The van der Waals surface area contributed by atoms with E-state index in [0.717, 1.165) is 12.8 Å². The zero-order chi connectivity index (χ0) is 12.0. The minimum absolute atomic E-state index is 0.427. The van der Waals surface area contributed by atoms with E-state index in [9.17, 15) is 0 Å². The molecule has 0 bridgehead atoms. The second kappa shape index (κ2) is 6.93. The summed E-state index contributed by atoms with van der Waals surface area (Å²) in [5.41, 5.74) is 0. The molecule has 0 radical (unpaired) electrons. The monoisotopic (exact) mass is 223 g/mol. The van der Waals surface area contributed by atoms with E-state index in [1.54, 1.807) is 0 Å². The first-order chi connectivity index (χ1) is 7.59. The maximum Gasteiger partial charge on any atom is 0.108 e. The van der Waals surface area contributed by atoms with Crippen LogP contribution in [0.2, 0.25) is 0 Å². The lowest BCUT2D eigenvalue weighted by Gasteiger charge is -2.34. The van der Waals surface area contributed by atoms with Crippen LogP contribution in [0.1, 0.15) is 40.5 Å². The van der Waals surface area contributed by atoms with Crippen molar-refractivity contribution in [1.29, 1.82) is 0 Å². The third kappa shape index (κ3) is 5.01. The Morgan fingerprint density at radius 2 is 1.81 bits per heavy atom. The molecule has 1 aliphatic heterocycles. The Hall–Kier alpha value is -0.520. The summed E-state index contributed by atoms with van der Waals surface area (Å²) in [7, 11) is 0. The van der Waals surface area contributed by atoms with Gasteiger partial charge in [-0.05, 0) is 26.7 Å². The van der Waals surface area contributed by atoms with Crippen LogP contribution in [0.25, 0.3) is 0 Å². The number of likely N-dealkylation sites (tertiary alicyclic amines) is 1. The Morgan fingerprint density at radius 3 is 2.31 bits per heavy atom. The molecule has 0 saturated carbocycles. The van der Waals surface area contributed by atoms with Gasteiger partial charge in [-0.1, -0.05) is 25.7 Å². The van der Waals surface area contributed by atoms with E-state index in [-0.39, 0.29) is 0 Å². The summed E-state index contributed by atoms with van der Waals surface area (Å²) in [5, 5.41) is 0. The standard InChI is InChI=1S/C14H25NO/c1-12(2)6-5-11-16-14-7-9-15(10-8-14)13(3)4/h12-14H,7-11H2,1-4H3. The van der Waals surface area contributed by atoms with E-state index in [0.29, 0.717) is 24.7 Å². The third-order valence-electron chi connectivity index (χ3n) is 2.99. The van der Waals surface area contributed by atoms with E-state index < -0.39 is 0 Å². The van der Waals surface area contributed by atoms with Gasteiger partial charge in [0, 0.05) is 25.0 Å². The first kappa shape index (κ1) is 13.5. The van der Waals surface area contributed by atoms with Gasteiger partial charge in [0.05, 0.1) is 6.10 Å². The van der Waals surface area contributed by atoms with Crippen molar-refractivity contribution in [3.05, 3.63) is 0 Å². The lowest BCUT2D eigenvalue weighted by Crippen LogP contribution is -2.40. The second-order valence-corrected chi connectivity index (χ2v) is 5.12. The molecule has 1 saturated heterocycles. The van der Waals surface area contributed by atoms with Crippen molar-refractivity contribution < 1.29 is 4.74 Å². The Labute approximate surface area is 100 Å². The van der Waals surface area contributed by atoms with E-state index in [1.807, 2.05) is 0 Å². The molecule has 0 N–H and O–H groups in total. The number of hydrogen-bond acceptors (Lipinski definition) is 2. The normalized spacial score (nSPS) is 18.9. The van der Waals surface area contributed by atoms with Gasteiger partial charge in [0.15, 0.2) is 0 Å². The van der Waals surface area contributed by atoms with Crippen molar-refractivity contribution in [1.82, 2.24) is 4.90 Å². The zero-order valence-electron chi connectivity index (χ0n) is 11.1. The quantitative estimate of drug-likeness (QED) is 0.682. The lowest BCUT2D eigenvalue weighted by atomic mass is 10.1. The predicted molar refractivity (Wildman–Crippen MR) is 68.3 cm³/mol. The van der Waals surface area contributed by atoms with Crippen LogP contribution in [0.5, 0.6) is 0 Å². The average molecular weight is 223 g/mol. The van der Waals surface area contributed by atoms with Gasteiger partial charge in [-0.25, -0.2) is 0 Å². The summed E-state index contributed by atoms with van der Waals surface area (Å²) in [6.45, 7) is 11.7. The van der Waals surface area contributed by atoms with Crippen LogP contribution in [0, 0.1) is 17.8 Å². The van der Waals surface area contributed by atoms with Gasteiger partial charge >= 0.3 is 0 Å². The van der Waals surface area contributed by atoms with Crippen molar-refractivity contribution >= 4 is 0 Å². The number of nitrogens with zero attached hydrogens (tertiary/aromatic N) is 1. The van der Waals surface area contributed by atoms with Crippen LogP contribution >= 0.6 is 0 Å². The molecule has 0 unspecified atom stereocenters. The smallest absolute Gasteiger partial charge is 0.108 e. The molecule has 0 aromatic heterocycles. The molecule has 2 nitrogen and oxygen atoms in total. The van der Waals surface area contributed by atoms with Gasteiger partial charge in [0.1, 0.15) is 6.61 Å². The maximum absolute atomic E-state index is 5.76. The van der Waals surface area contributed by atoms with Gasteiger partial charge < -0.3 is 9.64 Å². The number of rotatable bonds is 3. The molecule has 1 aliphatic rings. The third-order valence-corrected chi connectivity index (χ3v) is 2.99. The zero-order valence-corrected chi connectivity index (χ0v) is 11.1. The van der Waals surface area contributed by atoms with Crippen LogP contribution < -0.4 is 0 Å². The summed E-state index contributed by atoms with van der Waals surface area (Å²) >= 11 is 0. The molecule has 0 amide bonds. The minimum Gasteiger partial charge on any atom is -0.365 e. The summed E-state index contributed by atoms with van der Waals surface area (Å²) < 4.78 is 5.76. The van der Waals surface area contributed by atoms with Crippen molar-refractivity contribution in [2.45, 2.75) is 52.7 Å². The Bertz CT molecular complexity index is 241. The van der Waals surface area contributed by atoms with Gasteiger partial charge in [0.2, 0.25) is 0 Å². The van der Waals surface area contributed by atoms with Crippen molar-refractivity contribution in [2.24, 2.45) is 5.92 Å². The average Bonchev–Trinajstić information content (AvgIpc) is 2.25. The Balaban J connectivity index is 2.16. The molecule has 0 aliphatic carbocycles. The van der Waals surface area contributed by atoms with E-state index in [2.05, 4.69) is 44.4 Å². The fourth-order valence-corrected chi connectivity index (χ4v) is 1.96. The summed E-state index contributed by atoms with van der Waals surface area (Å²) in [6, 6.07) is 0.668. The Kier molecular flexibility index (Phi) is 5.87. The fraction of sp³-hybridized carbons (Fsp3) is 0.857. The predicted octanol–water partition coefficient (Wildman–Crippen LogP) is 2.54. The van der Waals surface area contributed by atoms with E-state index >= 15 is 0 Å². The molecule has 0 atom stereocenters. The second-order valence-electron chi connectivity index (χ2n) is 5.12. The molecule has 16 heavy (non-hydrogen) atoms. The molecule has 2 heteroatoms. The summed E-state index contributed by atoms with van der Waals surface area (Å²) in [6.07, 6.45) is 2.74. The maximum atomic E-state index is 5.76. The molecule has 1 fully saturated rings. The summed E-state index contributed by atoms with van der Waals surface area (Å²) in [4.78, 5) is 2.51. The van der Waals surface area contributed by atoms with Crippen molar-refractivity contribution in [3.63, 3.8) is 0 Å². The SMILES string of the molecule is CC(C)C#CCOC1CCN(C(C)C)CC1. The highest BCUT2D eigenvalue weighted by atomic mass is 16.5. The molecule has 0 spiro atoms. The fourth-order valence-electron chi connectivity index (χ4n) is 1.96. The van der Waals surface area contributed by atoms with Crippen molar-refractivity contribution in [2.75, 3.05) is 19.7 Å². The van der Waals surface area contributed by atoms with Crippen LogP contribution in [0.3, 0.4) is 0 Å². The molecule has 1 heterocycles. The van der Waals surface area contributed by atoms with Crippen LogP contribution in [-0.2, 0) is 4.74 Å². The van der Waals surface area contributed by atoms with Gasteiger partial charge in [-0.2, -0.15) is 0 Å². The topological polar surface area (TPSA) is 12.5 Å². The van der Waals surface area contributed by atoms with Crippen LogP contribution in [0.15, 0.2) is 0 Å². The molecular weight excluding hydrogens is 198 g/mol. The first-order valence-electron chi connectivity index (χ1n) is 6.43. The van der Waals surface area contributed by atoms with E-state index in [4.69, 9.17) is 4.74 Å². The van der Waals surface area contributed by atoms with Gasteiger partial charge in [-0.15, -0.1) is 0 Å². The highest BCUT2D eigenvalue weighted by molar-refractivity contribution is 5.01. The van der Waals surface area contributed by atoms with Crippen LogP contribution in [-0.4, -0.2) is 36.7 Å². The van der Waals surface area contributed by atoms with Crippen molar-refractivity contribution in [3.8, 4) is 11.8 Å². The highest BCUT2D eigenvalue weighted by Crippen LogP contribution is 2.15. The number of piperidine rings is 1. The highest BCUT2D eigenvalue weighted by Gasteiger charge is 2.20. The largest absolute Gasteiger partial charge is 0.365 e. The lowest BCUT2D eigenvalue weighted by molar-refractivity contribution is 0.0170. The minimum atomic E-state index is 0.427. The number of ether oxygens (including phenoxy) is 1. The summed E-state index contributed by atoms with van der Waals surface area (Å²) in [5.74, 6) is 6.66. The van der Waals surface area contributed by atoms with E-state index in [1.165, 1.54) is 13.1 Å².